The van der Waals surface area contributed by atoms with Crippen LogP contribution in [0.1, 0.15) is 85.2 Å². The number of nitrogens with zero attached hydrogens (tertiary/aromatic N) is 2. The number of fused-ring (bicyclic) bond motifs is 1. The highest BCUT2D eigenvalue weighted by atomic mass is 16.5. The topological polar surface area (TPSA) is 146 Å². The van der Waals surface area contributed by atoms with Gasteiger partial charge in [0.05, 0.1) is 17.7 Å². The second-order valence-electron chi connectivity index (χ2n) is 10.9. The average molecular weight is 534 g/mol. The third-order valence-electron chi connectivity index (χ3n) is 7.61. The van der Waals surface area contributed by atoms with E-state index in [1.54, 1.807) is 25.1 Å². The first-order valence-corrected chi connectivity index (χ1v) is 13.6. The van der Waals surface area contributed by atoms with Crippen molar-refractivity contribution in [1.29, 1.82) is 0 Å². The summed E-state index contributed by atoms with van der Waals surface area (Å²) in [7, 11) is 0. The zero-order valence-corrected chi connectivity index (χ0v) is 22.6. The van der Waals surface area contributed by atoms with Crippen LogP contribution in [0.25, 0.3) is 22.3 Å². The van der Waals surface area contributed by atoms with Gasteiger partial charge >= 0.3 is 0 Å². The largest absolute Gasteiger partial charge is 0.493 e. The van der Waals surface area contributed by atoms with Gasteiger partial charge in [0.25, 0.3) is 5.91 Å². The maximum atomic E-state index is 13.7. The van der Waals surface area contributed by atoms with Gasteiger partial charge < -0.3 is 25.5 Å². The summed E-state index contributed by atoms with van der Waals surface area (Å²) in [5, 5.41) is 15.7. The van der Waals surface area contributed by atoms with E-state index in [-0.39, 0.29) is 11.7 Å². The average Bonchev–Trinajstić information content (AvgIpc) is 3.67. The molecule has 2 fully saturated rings. The van der Waals surface area contributed by atoms with Crippen LogP contribution in [0.3, 0.4) is 0 Å². The summed E-state index contributed by atoms with van der Waals surface area (Å²) >= 11 is 0. The number of hydrogen-bond donors (Lipinski definition) is 4. The van der Waals surface area contributed by atoms with E-state index >= 15 is 0 Å². The molecule has 0 saturated heterocycles. The number of aliphatic hydroxyl groups excluding tert-OH is 1. The Bertz CT molecular complexity index is 1420. The number of Topliss-reactive ketones (excluding diaryl/α,β-unsaturated/α-hetero) is 1. The van der Waals surface area contributed by atoms with Crippen LogP contribution in [0.4, 0.5) is 0 Å². The lowest BCUT2D eigenvalue weighted by molar-refractivity contribution is -0.131. The first-order chi connectivity index (χ1) is 18.7. The summed E-state index contributed by atoms with van der Waals surface area (Å²) in [6, 6.07) is 5.31. The Morgan fingerprint density at radius 1 is 1.15 bits per heavy atom. The predicted molar refractivity (Wildman–Crippen MR) is 145 cm³/mol. The molecular formula is C29H35N5O5. The fraction of sp³-hybridized carbons (Fsp3) is 0.483. The number of aromatic nitrogens is 3. The van der Waals surface area contributed by atoms with Gasteiger partial charge in [-0.1, -0.05) is 6.42 Å². The summed E-state index contributed by atoms with van der Waals surface area (Å²) in [4.78, 5) is 50.6. The number of benzene rings is 1. The highest BCUT2D eigenvalue weighted by Crippen LogP contribution is 2.37. The second-order valence-corrected chi connectivity index (χ2v) is 10.9. The number of aliphatic hydroxyl groups is 1. The van der Waals surface area contributed by atoms with Crippen LogP contribution in [0.2, 0.25) is 0 Å². The van der Waals surface area contributed by atoms with Crippen LogP contribution in [-0.2, 0) is 4.79 Å². The Hall–Kier alpha value is -3.79. The van der Waals surface area contributed by atoms with Crippen molar-refractivity contribution < 1.29 is 24.2 Å². The monoisotopic (exact) mass is 533 g/mol. The molecule has 2 saturated carbocycles. The van der Waals surface area contributed by atoms with Gasteiger partial charge in [0.2, 0.25) is 5.91 Å². The first-order valence-electron chi connectivity index (χ1n) is 13.6. The molecule has 10 nitrogen and oxygen atoms in total. The number of ketones is 1. The van der Waals surface area contributed by atoms with Crippen molar-refractivity contribution in [2.45, 2.75) is 77.5 Å². The molecule has 2 aromatic heterocycles. The van der Waals surface area contributed by atoms with E-state index < -0.39 is 17.7 Å². The van der Waals surface area contributed by atoms with Crippen molar-refractivity contribution >= 4 is 28.6 Å². The van der Waals surface area contributed by atoms with Crippen molar-refractivity contribution in [3.05, 3.63) is 41.3 Å². The third kappa shape index (κ3) is 5.66. The Morgan fingerprint density at radius 2 is 1.90 bits per heavy atom. The molecule has 0 radical (unpaired) electrons. The third-order valence-corrected chi connectivity index (χ3v) is 7.61. The number of carbonyl (C=O) groups excluding carboxylic acids is 3. The summed E-state index contributed by atoms with van der Waals surface area (Å²) < 4.78 is 6.13. The molecule has 39 heavy (non-hydrogen) atoms. The Morgan fingerprint density at radius 3 is 2.56 bits per heavy atom. The van der Waals surface area contributed by atoms with E-state index in [2.05, 4.69) is 25.6 Å². The van der Waals surface area contributed by atoms with Crippen LogP contribution < -0.4 is 15.4 Å². The molecule has 1 atom stereocenters. The van der Waals surface area contributed by atoms with E-state index in [0.29, 0.717) is 70.2 Å². The maximum absolute atomic E-state index is 13.7. The molecule has 0 bridgehead atoms. The molecule has 4 N–H and O–H groups in total. The minimum absolute atomic E-state index is 0.0740. The molecule has 2 aliphatic rings. The lowest BCUT2D eigenvalue weighted by Gasteiger charge is -2.39. The van der Waals surface area contributed by atoms with Crippen molar-refractivity contribution in [2.75, 3.05) is 6.61 Å². The fourth-order valence-corrected chi connectivity index (χ4v) is 5.21. The number of hydrogen-bond acceptors (Lipinski definition) is 7. The lowest BCUT2D eigenvalue weighted by atomic mass is 9.88. The number of H-pyrrole nitrogens is 1. The predicted octanol–water partition coefficient (Wildman–Crippen LogP) is 3.81. The molecule has 1 aromatic carbocycles. The van der Waals surface area contributed by atoms with Gasteiger partial charge in [0.1, 0.15) is 35.1 Å². The van der Waals surface area contributed by atoms with Crippen LogP contribution in [0, 0.1) is 12.8 Å². The summed E-state index contributed by atoms with van der Waals surface area (Å²) in [5.41, 5.74) is 2.71. The number of aromatic amines is 1. The van der Waals surface area contributed by atoms with Crippen LogP contribution in [-0.4, -0.2) is 56.0 Å². The Kier molecular flexibility index (Phi) is 7.40. The summed E-state index contributed by atoms with van der Waals surface area (Å²) in [5.74, 6) is 0.183. The molecule has 0 unspecified atom stereocenters. The highest BCUT2D eigenvalue weighted by Gasteiger charge is 2.37. The molecule has 2 heterocycles. The zero-order chi connectivity index (χ0) is 27.7. The van der Waals surface area contributed by atoms with Gasteiger partial charge in [-0.15, -0.1) is 0 Å². The number of rotatable bonds is 9. The summed E-state index contributed by atoms with van der Waals surface area (Å²) in [6.45, 7) is 5.30. The SMILES string of the molecule is CC(=O)c1ccc(OCC2CC2)c(-c2ncnc3c(C(=O)NC4(NC(=O)[C@H](C)O)CCCCC4)c(C)[nH]c23)c1. The van der Waals surface area contributed by atoms with E-state index in [1.807, 2.05) is 0 Å². The number of carbonyl (C=O) groups is 3. The van der Waals surface area contributed by atoms with E-state index in [0.717, 1.165) is 32.1 Å². The smallest absolute Gasteiger partial charge is 0.257 e. The number of aryl methyl sites for hydroxylation is 1. The second kappa shape index (κ2) is 10.8. The molecule has 2 aliphatic carbocycles. The Labute approximate surface area is 227 Å². The van der Waals surface area contributed by atoms with Gasteiger partial charge in [-0.25, -0.2) is 9.97 Å². The van der Waals surface area contributed by atoms with Crippen LogP contribution in [0.5, 0.6) is 5.75 Å². The van der Waals surface area contributed by atoms with E-state index in [9.17, 15) is 19.5 Å². The van der Waals surface area contributed by atoms with E-state index in [4.69, 9.17) is 4.74 Å². The minimum atomic E-state index is -1.19. The molecule has 2 amide bonds. The molecule has 0 spiro atoms. The van der Waals surface area contributed by atoms with Crippen LogP contribution in [0.15, 0.2) is 24.5 Å². The number of ether oxygens (including phenoxy) is 1. The van der Waals surface area contributed by atoms with Crippen molar-refractivity contribution in [2.24, 2.45) is 5.92 Å². The van der Waals surface area contributed by atoms with Crippen molar-refractivity contribution in [3.63, 3.8) is 0 Å². The first kappa shape index (κ1) is 26.8. The Balaban J connectivity index is 1.53. The maximum Gasteiger partial charge on any atom is 0.257 e. The van der Waals surface area contributed by atoms with Gasteiger partial charge in [0, 0.05) is 16.8 Å². The molecule has 206 valence electrons. The normalized spacial score (nSPS) is 17.4. The van der Waals surface area contributed by atoms with Gasteiger partial charge in [-0.2, -0.15) is 0 Å². The van der Waals surface area contributed by atoms with Crippen molar-refractivity contribution in [3.8, 4) is 17.0 Å². The molecule has 0 aliphatic heterocycles. The molecular weight excluding hydrogens is 498 g/mol. The molecule has 3 aromatic rings. The summed E-state index contributed by atoms with van der Waals surface area (Å²) in [6.07, 6.45) is 6.33. The quantitative estimate of drug-likeness (QED) is 0.242. The van der Waals surface area contributed by atoms with Crippen molar-refractivity contribution in [1.82, 2.24) is 25.6 Å². The highest BCUT2D eigenvalue weighted by molar-refractivity contribution is 6.09. The fourth-order valence-electron chi connectivity index (χ4n) is 5.21. The number of nitrogens with one attached hydrogen (secondary N) is 3. The van der Waals surface area contributed by atoms with Gasteiger partial charge in [-0.3, -0.25) is 14.4 Å². The minimum Gasteiger partial charge on any atom is -0.493 e. The van der Waals surface area contributed by atoms with Crippen LogP contribution >= 0.6 is 0 Å². The number of amides is 2. The standard InChI is InChI=1S/C29H35N5O5/c1-16-23(28(38)34-29(11-5-4-6-12-29)33-27(37)18(3)36)25-26(32-16)24(30-15-31-25)21-13-20(17(2)35)9-10-22(21)39-14-19-7-8-19/h9-10,13,15,18-19,32,36H,4-8,11-12,14H2,1-3H3,(H,33,37)(H,34,38)/t18-/m0/s1. The molecule has 5 rings (SSSR count). The van der Waals surface area contributed by atoms with Gasteiger partial charge in [0.15, 0.2) is 5.78 Å². The zero-order valence-electron chi connectivity index (χ0n) is 22.6. The van der Waals surface area contributed by atoms with E-state index in [1.165, 1.54) is 20.2 Å². The molecule has 10 heteroatoms. The van der Waals surface area contributed by atoms with Gasteiger partial charge in [-0.05, 0) is 83.4 Å². The lowest BCUT2D eigenvalue weighted by Crippen LogP contribution is -2.62.